The second kappa shape index (κ2) is 5.38. The smallest absolute Gasteiger partial charge is 0.211 e. The summed E-state index contributed by atoms with van der Waals surface area (Å²) in [6.07, 6.45) is 2.61. The number of nitrogens with two attached hydrogens (primary N) is 1. The van der Waals surface area contributed by atoms with Crippen molar-refractivity contribution in [1.29, 1.82) is 0 Å². The summed E-state index contributed by atoms with van der Waals surface area (Å²) in [6, 6.07) is 9.65. The highest BCUT2D eigenvalue weighted by molar-refractivity contribution is 7.89. The van der Waals surface area contributed by atoms with Gasteiger partial charge in [0.25, 0.3) is 0 Å². The average molecular weight is 268 g/mol. The summed E-state index contributed by atoms with van der Waals surface area (Å²) in [7, 11) is -3.19. The van der Waals surface area contributed by atoms with E-state index in [9.17, 15) is 8.42 Å². The molecule has 0 aliphatic heterocycles. The molecule has 1 saturated carbocycles. The molecule has 0 bridgehead atoms. The molecule has 0 amide bonds. The topological polar surface area (TPSA) is 72.2 Å². The van der Waals surface area contributed by atoms with Gasteiger partial charge in [-0.05, 0) is 36.8 Å². The Morgan fingerprint density at radius 1 is 1.22 bits per heavy atom. The third-order valence-corrected chi connectivity index (χ3v) is 4.89. The Kier molecular flexibility index (Phi) is 4.04. The molecule has 100 valence electrons. The maximum absolute atomic E-state index is 11.8. The van der Waals surface area contributed by atoms with Gasteiger partial charge in [0.1, 0.15) is 0 Å². The fourth-order valence-electron chi connectivity index (χ4n) is 1.86. The van der Waals surface area contributed by atoms with Crippen LogP contribution in [0.15, 0.2) is 30.3 Å². The Hall–Kier alpha value is -0.910. The van der Waals surface area contributed by atoms with Gasteiger partial charge in [0.2, 0.25) is 10.0 Å². The summed E-state index contributed by atoms with van der Waals surface area (Å²) in [5, 5.41) is 0. The molecule has 1 aliphatic carbocycles. The predicted octanol–water partition coefficient (Wildman–Crippen LogP) is 0.887. The van der Waals surface area contributed by atoms with E-state index in [0.29, 0.717) is 19.5 Å². The molecule has 0 heterocycles. The number of rotatable bonds is 7. The first-order chi connectivity index (χ1) is 8.55. The van der Waals surface area contributed by atoms with Crippen molar-refractivity contribution in [2.75, 3.05) is 18.8 Å². The maximum atomic E-state index is 11.8. The highest BCUT2D eigenvalue weighted by Gasteiger charge is 2.41. The second-order valence-electron chi connectivity index (χ2n) is 5.08. The molecule has 0 aromatic heterocycles. The molecule has 1 aliphatic rings. The van der Waals surface area contributed by atoms with E-state index in [2.05, 4.69) is 4.72 Å². The van der Waals surface area contributed by atoms with Gasteiger partial charge in [0.15, 0.2) is 0 Å². The lowest BCUT2D eigenvalue weighted by molar-refractivity contribution is 0.500. The lowest BCUT2D eigenvalue weighted by Crippen LogP contribution is -2.35. The number of aryl methyl sites for hydroxylation is 1. The van der Waals surface area contributed by atoms with Gasteiger partial charge < -0.3 is 5.73 Å². The minimum atomic E-state index is -3.19. The lowest BCUT2D eigenvalue weighted by atomic mass is 10.1. The lowest BCUT2D eigenvalue weighted by Gasteiger charge is -2.13. The SMILES string of the molecule is NCC1(CNS(=O)(=O)CCc2ccccc2)CC1. The first kappa shape index (κ1) is 13.5. The van der Waals surface area contributed by atoms with E-state index in [1.54, 1.807) is 0 Å². The average Bonchev–Trinajstić information content (AvgIpc) is 3.17. The van der Waals surface area contributed by atoms with Gasteiger partial charge in [-0.15, -0.1) is 0 Å². The zero-order valence-corrected chi connectivity index (χ0v) is 11.2. The Labute approximate surface area is 109 Å². The molecule has 0 saturated heterocycles. The Morgan fingerprint density at radius 3 is 2.44 bits per heavy atom. The quantitative estimate of drug-likeness (QED) is 0.771. The Balaban J connectivity index is 1.81. The molecular formula is C13H20N2O2S. The van der Waals surface area contributed by atoms with E-state index < -0.39 is 10.0 Å². The molecule has 0 unspecified atom stereocenters. The number of sulfonamides is 1. The van der Waals surface area contributed by atoms with Gasteiger partial charge in [-0.2, -0.15) is 0 Å². The van der Waals surface area contributed by atoms with Crippen molar-refractivity contribution in [3.8, 4) is 0 Å². The zero-order chi connectivity index (χ0) is 13.1. The molecule has 0 atom stereocenters. The van der Waals surface area contributed by atoms with Crippen molar-refractivity contribution < 1.29 is 8.42 Å². The van der Waals surface area contributed by atoms with Crippen LogP contribution in [0, 0.1) is 5.41 Å². The van der Waals surface area contributed by atoms with Crippen LogP contribution in [0.3, 0.4) is 0 Å². The molecule has 4 nitrogen and oxygen atoms in total. The molecule has 3 N–H and O–H groups in total. The van der Waals surface area contributed by atoms with E-state index in [1.807, 2.05) is 30.3 Å². The molecule has 1 aromatic carbocycles. The predicted molar refractivity (Wildman–Crippen MR) is 72.7 cm³/mol. The first-order valence-corrected chi connectivity index (χ1v) is 7.92. The summed E-state index contributed by atoms with van der Waals surface area (Å²) in [4.78, 5) is 0. The normalized spacial score (nSPS) is 17.6. The van der Waals surface area contributed by atoms with Crippen LogP contribution < -0.4 is 10.5 Å². The fourth-order valence-corrected chi connectivity index (χ4v) is 3.04. The van der Waals surface area contributed by atoms with Crippen LogP contribution in [0.2, 0.25) is 0 Å². The van der Waals surface area contributed by atoms with Crippen LogP contribution in [-0.2, 0) is 16.4 Å². The second-order valence-corrected chi connectivity index (χ2v) is 7.01. The first-order valence-electron chi connectivity index (χ1n) is 6.27. The number of hydrogen-bond acceptors (Lipinski definition) is 3. The van der Waals surface area contributed by atoms with Crippen molar-refractivity contribution in [1.82, 2.24) is 4.72 Å². The monoisotopic (exact) mass is 268 g/mol. The molecule has 0 radical (unpaired) electrons. The Morgan fingerprint density at radius 2 is 1.89 bits per heavy atom. The van der Waals surface area contributed by atoms with Crippen LogP contribution in [0.4, 0.5) is 0 Å². The molecule has 1 fully saturated rings. The van der Waals surface area contributed by atoms with Crippen molar-refractivity contribution in [3.63, 3.8) is 0 Å². The van der Waals surface area contributed by atoms with E-state index >= 15 is 0 Å². The van der Waals surface area contributed by atoms with Crippen LogP contribution >= 0.6 is 0 Å². The molecule has 0 spiro atoms. The number of hydrogen-bond donors (Lipinski definition) is 2. The standard InChI is InChI=1S/C13H20N2O2S/c14-10-13(7-8-13)11-15-18(16,17)9-6-12-4-2-1-3-5-12/h1-5,15H,6-11,14H2. The molecule has 2 rings (SSSR count). The van der Waals surface area contributed by atoms with Gasteiger partial charge in [0.05, 0.1) is 5.75 Å². The van der Waals surface area contributed by atoms with Gasteiger partial charge in [0, 0.05) is 6.54 Å². The van der Waals surface area contributed by atoms with Crippen molar-refractivity contribution in [2.45, 2.75) is 19.3 Å². The third kappa shape index (κ3) is 3.80. The third-order valence-electron chi connectivity index (χ3n) is 3.56. The van der Waals surface area contributed by atoms with Crippen molar-refractivity contribution in [2.24, 2.45) is 11.1 Å². The Bertz CT molecular complexity index is 481. The molecule has 1 aromatic rings. The van der Waals surface area contributed by atoms with Crippen LogP contribution in [-0.4, -0.2) is 27.3 Å². The highest BCUT2D eigenvalue weighted by Crippen LogP contribution is 2.43. The van der Waals surface area contributed by atoms with E-state index in [-0.39, 0.29) is 11.2 Å². The van der Waals surface area contributed by atoms with E-state index in [0.717, 1.165) is 18.4 Å². The summed E-state index contributed by atoms with van der Waals surface area (Å²) in [6.45, 7) is 1.05. The summed E-state index contributed by atoms with van der Waals surface area (Å²) in [5.74, 6) is 0.137. The summed E-state index contributed by atoms with van der Waals surface area (Å²) in [5.41, 5.74) is 6.71. The van der Waals surface area contributed by atoms with Crippen LogP contribution in [0.5, 0.6) is 0 Å². The zero-order valence-electron chi connectivity index (χ0n) is 10.4. The van der Waals surface area contributed by atoms with Crippen LogP contribution in [0.25, 0.3) is 0 Å². The van der Waals surface area contributed by atoms with Gasteiger partial charge in [-0.25, -0.2) is 13.1 Å². The van der Waals surface area contributed by atoms with Gasteiger partial charge in [-0.3, -0.25) is 0 Å². The van der Waals surface area contributed by atoms with E-state index in [4.69, 9.17) is 5.73 Å². The van der Waals surface area contributed by atoms with Gasteiger partial charge in [-0.1, -0.05) is 30.3 Å². The minimum Gasteiger partial charge on any atom is -0.330 e. The molecular weight excluding hydrogens is 248 g/mol. The largest absolute Gasteiger partial charge is 0.330 e. The minimum absolute atomic E-state index is 0.0415. The van der Waals surface area contributed by atoms with Crippen LogP contribution in [0.1, 0.15) is 18.4 Å². The van der Waals surface area contributed by atoms with Crippen molar-refractivity contribution >= 4 is 10.0 Å². The highest BCUT2D eigenvalue weighted by atomic mass is 32.2. The fraction of sp³-hybridized carbons (Fsp3) is 0.538. The summed E-state index contributed by atoms with van der Waals surface area (Å²) < 4.78 is 26.4. The maximum Gasteiger partial charge on any atom is 0.211 e. The summed E-state index contributed by atoms with van der Waals surface area (Å²) >= 11 is 0. The van der Waals surface area contributed by atoms with Gasteiger partial charge >= 0.3 is 0 Å². The molecule has 18 heavy (non-hydrogen) atoms. The molecule has 5 heteroatoms. The van der Waals surface area contributed by atoms with Crippen molar-refractivity contribution in [3.05, 3.63) is 35.9 Å². The number of nitrogens with one attached hydrogen (secondary N) is 1. The number of benzene rings is 1. The van der Waals surface area contributed by atoms with E-state index in [1.165, 1.54) is 0 Å².